The van der Waals surface area contributed by atoms with Gasteiger partial charge in [0.2, 0.25) is 11.8 Å². The highest BCUT2D eigenvalue weighted by Gasteiger charge is 2.35. The van der Waals surface area contributed by atoms with Gasteiger partial charge >= 0.3 is 12.0 Å². The minimum absolute atomic E-state index is 0.0473. The monoisotopic (exact) mass is 627 g/mol. The molecule has 0 saturated carbocycles. The third kappa shape index (κ3) is 9.94. The van der Waals surface area contributed by atoms with Crippen LogP contribution in [0.25, 0.3) is 10.9 Å². The Morgan fingerprint density at radius 3 is 2.20 bits per heavy atom. The third-order valence-electron chi connectivity index (χ3n) is 8.52. The van der Waals surface area contributed by atoms with Crippen LogP contribution in [0.3, 0.4) is 0 Å². The SMILES string of the molecule is CCCC[C@@H](NC(=O)[C@@H](Cc1cn(COC)c2ccccc12)NC(=O)[C@H](CC(C)(C)C)NC(=O)N1[C@H](C)CCC[C@@H]1C)C(=O)O. The van der Waals surface area contributed by atoms with E-state index in [1.165, 1.54) is 0 Å². The number of ether oxygens (including phenoxy) is 1. The zero-order valence-electron chi connectivity index (χ0n) is 28.0. The van der Waals surface area contributed by atoms with Gasteiger partial charge in [0, 0.05) is 37.2 Å². The number of carbonyl (C=O) groups excluding carboxylic acids is 3. The second kappa shape index (κ2) is 16.1. The number of amides is 4. The van der Waals surface area contributed by atoms with Crippen molar-refractivity contribution in [1.82, 2.24) is 25.4 Å². The van der Waals surface area contributed by atoms with Gasteiger partial charge in [-0.2, -0.15) is 0 Å². The molecule has 5 atom stereocenters. The van der Waals surface area contributed by atoms with Gasteiger partial charge in [-0.15, -0.1) is 0 Å². The van der Waals surface area contributed by atoms with Crippen molar-refractivity contribution in [2.75, 3.05) is 7.11 Å². The molecule has 1 aliphatic heterocycles. The minimum Gasteiger partial charge on any atom is -0.480 e. The number of aliphatic carboxylic acids is 1. The standard InChI is InChI=1S/C34H53N5O6/c1-8-9-16-26(32(42)43)35-30(40)27(18-24-20-38(21-45-7)29-17-11-10-15-25(24)29)36-31(41)28(19-34(4,5)6)37-33(44)39-22(2)13-12-14-23(39)3/h10-11,15,17,20,22-23,26-28H,8-9,12-14,16,18-19,21H2,1-7H3,(H,35,40)(H,36,41)(H,37,44)(H,42,43)/t22-,23+,26-,27-,28+/m1/s1. The van der Waals surface area contributed by atoms with Crippen LogP contribution in [0.5, 0.6) is 0 Å². The zero-order chi connectivity index (χ0) is 33.3. The lowest BCUT2D eigenvalue weighted by atomic mass is 9.87. The van der Waals surface area contributed by atoms with Gasteiger partial charge in [-0.3, -0.25) is 9.59 Å². The fourth-order valence-electron chi connectivity index (χ4n) is 6.24. The molecule has 1 aromatic heterocycles. The number of fused-ring (bicyclic) bond motifs is 1. The number of unbranched alkanes of at least 4 members (excludes halogenated alkanes) is 1. The molecular formula is C34H53N5O6. The van der Waals surface area contributed by atoms with Crippen molar-refractivity contribution in [2.45, 2.75) is 130 Å². The number of nitrogens with zero attached hydrogens (tertiary/aromatic N) is 2. The van der Waals surface area contributed by atoms with E-state index in [1.807, 2.05) is 81.5 Å². The Bertz CT molecular complexity index is 1310. The van der Waals surface area contributed by atoms with E-state index < -0.39 is 35.9 Å². The molecule has 250 valence electrons. The van der Waals surface area contributed by atoms with Gasteiger partial charge in [0.15, 0.2) is 0 Å². The third-order valence-corrected chi connectivity index (χ3v) is 8.52. The van der Waals surface area contributed by atoms with Crippen LogP contribution in [0.4, 0.5) is 4.79 Å². The van der Waals surface area contributed by atoms with E-state index in [9.17, 15) is 24.3 Å². The lowest BCUT2D eigenvalue weighted by molar-refractivity contribution is -0.142. The van der Waals surface area contributed by atoms with Gasteiger partial charge in [0.05, 0.1) is 5.52 Å². The number of aromatic nitrogens is 1. The average molecular weight is 628 g/mol. The van der Waals surface area contributed by atoms with E-state index in [0.717, 1.165) is 42.1 Å². The summed E-state index contributed by atoms with van der Waals surface area (Å²) in [7, 11) is 1.60. The summed E-state index contributed by atoms with van der Waals surface area (Å²) in [5.74, 6) is -2.20. The topological polar surface area (TPSA) is 142 Å². The van der Waals surface area contributed by atoms with E-state index in [0.29, 0.717) is 19.6 Å². The molecule has 1 fully saturated rings. The summed E-state index contributed by atoms with van der Waals surface area (Å²) in [5, 5.41) is 19.3. The van der Waals surface area contributed by atoms with Gasteiger partial charge in [-0.05, 0) is 63.0 Å². The van der Waals surface area contributed by atoms with Gasteiger partial charge in [0.25, 0.3) is 0 Å². The van der Waals surface area contributed by atoms with Crippen LogP contribution in [0.1, 0.15) is 92.1 Å². The van der Waals surface area contributed by atoms with Crippen LogP contribution in [-0.4, -0.2) is 75.7 Å². The highest BCUT2D eigenvalue weighted by molar-refractivity contribution is 5.94. The van der Waals surface area contributed by atoms with Gasteiger partial charge in [-0.1, -0.05) is 58.7 Å². The van der Waals surface area contributed by atoms with Crippen molar-refractivity contribution in [3.05, 3.63) is 36.0 Å². The number of carboxylic acid groups (broad SMARTS) is 1. The number of benzene rings is 1. The summed E-state index contributed by atoms with van der Waals surface area (Å²) in [6.45, 7) is 12.3. The molecule has 0 aliphatic carbocycles. The number of piperidine rings is 1. The van der Waals surface area contributed by atoms with Crippen LogP contribution >= 0.6 is 0 Å². The number of hydrogen-bond donors (Lipinski definition) is 4. The normalized spacial score (nSPS) is 19.0. The predicted octanol–water partition coefficient (Wildman–Crippen LogP) is 4.81. The number of urea groups is 1. The highest BCUT2D eigenvalue weighted by atomic mass is 16.5. The number of hydrogen-bond acceptors (Lipinski definition) is 5. The quantitative estimate of drug-likeness (QED) is 0.237. The van der Waals surface area contributed by atoms with Crippen LogP contribution < -0.4 is 16.0 Å². The van der Waals surface area contributed by atoms with Crippen LogP contribution in [-0.2, 0) is 32.3 Å². The van der Waals surface area contributed by atoms with E-state index in [-0.39, 0.29) is 36.4 Å². The number of para-hydroxylation sites is 1. The molecule has 1 aromatic carbocycles. The first-order valence-corrected chi connectivity index (χ1v) is 16.2. The molecule has 11 heteroatoms. The molecule has 1 saturated heterocycles. The lowest BCUT2D eigenvalue weighted by Crippen LogP contribution is -2.60. The summed E-state index contributed by atoms with van der Waals surface area (Å²) in [6, 6.07) is 4.43. The van der Waals surface area contributed by atoms with E-state index in [1.54, 1.807) is 7.11 Å². The van der Waals surface area contributed by atoms with Crippen molar-refractivity contribution in [3.8, 4) is 0 Å². The van der Waals surface area contributed by atoms with Gasteiger partial charge in [0.1, 0.15) is 24.9 Å². The first kappa shape index (κ1) is 35.9. The zero-order valence-corrected chi connectivity index (χ0v) is 28.0. The minimum atomic E-state index is -1.12. The maximum absolute atomic E-state index is 14.0. The molecular weight excluding hydrogens is 574 g/mol. The molecule has 4 amide bonds. The molecule has 2 aromatic rings. The molecule has 4 N–H and O–H groups in total. The number of rotatable bonds is 14. The molecule has 2 heterocycles. The largest absolute Gasteiger partial charge is 0.480 e. The Balaban J connectivity index is 1.94. The van der Waals surface area contributed by atoms with Crippen LogP contribution in [0, 0.1) is 5.41 Å². The Morgan fingerprint density at radius 2 is 1.60 bits per heavy atom. The fourth-order valence-corrected chi connectivity index (χ4v) is 6.24. The summed E-state index contributed by atoms with van der Waals surface area (Å²) in [6.07, 6.45) is 6.88. The second-order valence-corrected chi connectivity index (χ2v) is 13.7. The van der Waals surface area contributed by atoms with Crippen molar-refractivity contribution >= 4 is 34.7 Å². The second-order valence-electron chi connectivity index (χ2n) is 13.7. The number of likely N-dealkylation sites (tertiary alicyclic amines) is 1. The Hall–Kier alpha value is -3.60. The molecule has 0 spiro atoms. The summed E-state index contributed by atoms with van der Waals surface area (Å²) >= 11 is 0. The smallest absolute Gasteiger partial charge is 0.326 e. The number of methoxy groups -OCH3 is 1. The first-order chi connectivity index (χ1) is 21.2. The first-order valence-electron chi connectivity index (χ1n) is 16.2. The molecule has 1 aliphatic rings. The summed E-state index contributed by atoms with van der Waals surface area (Å²) in [4.78, 5) is 55.1. The molecule has 0 radical (unpaired) electrons. The highest BCUT2D eigenvalue weighted by Crippen LogP contribution is 2.26. The van der Waals surface area contributed by atoms with E-state index >= 15 is 0 Å². The molecule has 3 rings (SSSR count). The Morgan fingerprint density at radius 1 is 0.978 bits per heavy atom. The Labute approximate surface area is 267 Å². The summed E-state index contributed by atoms with van der Waals surface area (Å²) in [5.41, 5.74) is 1.40. The molecule has 11 nitrogen and oxygen atoms in total. The summed E-state index contributed by atoms with van der Waals surface area (Å²) < 4.78 is 7.29. The van der Waals surface area contributed by atoms with Crippen molar-refractivity contribution in [1.29, 1.82) is 0 Å². The van der Waals surface area contributed by atoms with E-state index in [4.69, 9.17) is 4.74 Å². The van der Waals surface area contributed by atoms with Gasteiger partial charge in [-0.25, -0.2) is 9.59 Å². The predicted molar refractivity (Wildman–Crippen MR) is 175 cm³/mol. The van der Waals surface area contributed by atoms with Crippen molar-refractivity contribution in [2.24, 2.45) is 5.41 Å². The maximum Gasteiger partial charge on any atom is 0.326 e. The van der Waals surface area contributed by atoms with Crippen molar-refractivity contribution in [3.63, 3.8) is 0 Å². The molecule has 0 unspecified atom stereocenters. The van der Waals surface area contributed by atoms with Gasteiger partial charge < -0.3 is 35.3 Å². The fraction of sp³-hybridized carbons (Fsp3) is 0.647. The Kier molecular flexibility index (Phi) is 12.8. The average Bonchev–Trinajstić information content (AvgIpc) is 3.30. The maximum atomic E-state index is 14.0. The van der Waals surface area contributed by atoms with Crippen LogP contribution in [0.2, 0.25) is 0 Å². The van der Waals surface area contributed by atoms with Crippen molar-refractivity contribution < 1.29 is 29.0 Å². The molecule has 0 bridgehead atoms. The number of carboxylic acids is 1. The van der Waals surface area contributed by atoms with E-state index in [2.05, 4.69) is 16.0 Å². The lowest BCUT2D eigenvalue weighted by Gasteiger charge is -2.40. The molecule has 45 heavy (non-hydrogen) atoms. The number of carbonyl (C=O) groups is 4. The number of nitrogens with one attached hydrogen (secondary N) is 3. The van der Waals surface area contributed by atoms with Crippen LogP contribution in [0.15, 0.2) is 30.5 Å².